The average molecular weight is 278 g/mol. The molecule has 1 N–H and O–H groups in total. The van der Waals surface area contributed by atoms with E-state index in [1.165, 1.54) is 24.9 Å². The number of hydrogen-bond acceptors (Lipinski definition) is 1. The van der Waals surface area contributed by atoms with Gasteiger partial charge in [0, 0.05) is 16.8 Å². The number of nitrogens with one attached hydrogen (secondary N) is 1. The molecule has 1 nitrogen and oxygen atoms in total. The minimum atomic E-state index is 0.379. The quantitative estimate of drug-likeness (QED) is 0.776. The Morgan fingerprint density at radius 2 is 2.00 bits per heavy atom. The molecule has 3 atom stereocenters. The number of halogens is 1. The van der Waals surface area contributed by atoms with Gasteiger partial charge in [-0.05, 0) is 60.6 Å². The van der Waals surface area contributed by atoms with Crippen LogP contribution in [-0.4, -0.2) is 6.04 Å². The summed E-state index contributed by atoms with van der Waals surface area (Å²) >= 11 is 6.24. The van der Waals surface area contributed by atoms with Crippen molar-refractivity contribution in [3.05, 3.63) is 28.8 Å². The minimum Gasteiger partial charge on any atom is -0.381 e. The van der Waals surface area contributed by atoms with Crippen LogP contribution in [0.3, 0.4) is 0 Å². The number of benzene rings is 1. The van der Waals surface area contributed by atoms with Crippen LogP contribution in [0.15, 0.2) is 18.2 Å². The van der Waals surface area contributed by atoms with E-state index in [9.17, 15) is 0 Å². The Kier molecular flexibility index (Phi) is 2.91. The zero-order chi connectivity index (χ0) is 13.8. The molecule has 2 saturated carbocycles. The second kappa shape index (κ2) is 4.15. The van der Waals surface area contributed by atoms with Gasteiger partial charge in [0.05, 0.1) is 0 Å². The normalized spacial score (nSPS) is 35.6. The molecule has 0 saturated heterocycles. The van der Waals surface area contributed by atoms with Gasteiger partial charge in [0.25, 0.3) is 0 Å². The summed E-state index contributed by atoms with van der Waals surface area (Å²) in [7, 11) is 0. The first-order valence-corrected chi connectivity index (χ1v) is 7.73. The minimum absolute atomic E-state index is 0.379. The van der Waals surface area contributed by atoms with Crippen LogP contribution >= 0.6 is 11.6 Å². The van der Waals surface area contributed by atoms with Crippen LogP contribution < -0.4 is 5.32 Å². The van der Waals surface area contributed by atoms with Gasteiger partial charge in [-0.15, -0.1) is 0 Å². The van der Waals surface area contributed by atoms with Crippen molar-refractivity contribution in [3.8, 4) is 0 Å². The van der Waals surface area contributed by atoms with Crippen molar-refractivity contribution < 1.29 is 0 Å². The van der Waals surface area contributed by atoms with E-state index in [1.807, 2.05) is 0 Å². The SMILES string of the molecule is Cc1ccc(NC2C(C)(C)[C@H]3CC[C@]2(C)C3)cc1Cl. The molecule has 0 radical (unpaired) electrons. The first-order valence-electron chi connectivity index (χ1n) is 7.36. The Labute approximate surface area is 121 Å². The van der Waals surface area contributed by atoms with Crippen LogP contribution in [0.4, 0.5) is 5.69 Å². The standard InChI is InChI=1S/C17H24ClN/c1-11-5-6-13(9-14(11)18)19-15-16(2,3)12-7-8-17(15,4)10-12/h5-6,9,12,15,19H,7-8,10H2,1-4H3/t12-,15?,17+/m0/s1. The van der Waals surface area contributed by atoms with E-state index >= 15 is 0 Å². The first-order chi connectivity index (χ1) is 8.83. The smallest absolute Gasteiger partial charge is 0.0455 e. The third-order valence-corrected chi connectivity index (χ3v) is 6.16. The molecule has 1 aromatic rings. The molecule has 2 fully saturated rings. The Hall–Kier alpha value is -0.690. The first kappa shape index (κ1) is 13.3. The van der Waals surface area contributed by atoms with Crippen molar-refractivity contribution in [3.63, 3.8) is 0 Å². The second-order valence-electron chi connectivity index (χ2n) is 7.46. The zero-order valence-electron chi connectivity index (χ0n) is 12.4. The highest BCUT2D eigenvalue weighted by Crippen LogP contribution is 2.63. The highest BCUT2D eigenvalue weighted by molar-refractivity contribution is 6.31. The summed E-state index contributed by atoms with van der Waals surface area (Å²) < 4.78 is 0. The van der Waals surface area contributed by atoms with Crippen LogP contribution in [0.2, 0.25) is 5.02 Å². The molecule has 0 aliphatic heterocycles. The van der Waals surface area contributed by atoms with E-state index in [2.05, 4.69) is 51.2 Å². The van der Waals surface area contributed by atoms with E-state index in [0.29, 0.717) is 16.9 Å². The van der Waals surface area contributed by atoms with Crippen LogP contribution in [0.25, 0.3) is 0 Å². The summed E-state index contributed by atoms with van der Waals surface area (Å²) in [5.74, 6) is 0.871. The number of hydrogen-bond donors (Lipinski definition) is 1. The molecule has 0 aromatic heterocycles. The van der Waals surface area contributed by atoms with Crippen LogP contribution in [0, 0.1) is 23.7 Å². The third-order valence-electron chi connectivity index (χ3n) is 5.75. The van der Waals surface area contributed by atoms with E-state index in [-0.39, 0.29) is 0 Å². The number of aryl methyl sites for hydroxylation is 1. The molecule has 3 rings (SSSR count). The molecule has 19 heavy (non-hydrogen) atoms. The summed E-state index contributed by atoms with van der Waals surface area (Å²) in [5.41, 5.74) is 3.14. The molecule has 1 unspecified atom stereocenters. The monoisotopic (exact) mass is 277 g/mol. The Morgan fingerprint density at radius 1 is 1.26 bits per heavy atom. The molecule has 0 heterocycles. The third kappa shape index (κ3) is 1.98. The maximum atomic E-state index is 6.24. The molecule has 0 spiro atoms. The number of anilines is 1. The van der Waals surface area contributed by atoms with E-state index in [4.69, 9.17) is 11.6 Å². The lowest BCUT2D eigenvalue weighted by molar-refractivity contribution is 0.155. The molecule has 2 aliphatic carbocycles. The molecule has 2 aliphatic rings. The Bertz CT molecular complexity index is 503. The number of fused-ring (bicyclic) bond motifs is 2. The lowest BCUT2D eigenvalue weighted by atomic mass is 9.68. The van der Waals surface area contributed by atoms with Gasteiger partial charge in [-0.1, -0.05) is 38.4 Å². The van der Waals surface area contributed by atoms with Gasteiger partial charge in [-0.25, -0.2) is 0 Å². The van der Waals surface area contributed by atoms with Gasteiger partial charge in [0.1, 0.15) is 0 Å². The van der Waals surface area contributed by atoms with Crippen molar-refractivity contribution in [2.45, 2.75) is 53.0 Å². The van der Waals surface area contributed by atoms with Crippen LogP contribution in [0.5, 0.6) is 0 Å². The van der Waals surface area contributed by atoms with Crippen molar-refractivity contribution in [2.75, 3.05) is 5.32 Å². The highest BCUT2D eigenvalue weighted by atomic mass is 35.5. The largest absolute Gasteiger partial charge is 0.381 e. The maximum Gasteiger partial charge on any atom is 0.0455 e. The Morgan fingerprint density at radius 3 is 2.58 bits per heavy atom. The summed E-state index contributed by atoms with van der Waals surface area (Å²) in [5, 5.41) is 4.64. The van der Waals surface area contributed by atoms with Gasteiger partial charge < -0.3 is 5.32 Å². The van der Waals surface area contributed by atoms with Crippen molar-refractivity contribution in [1.29, 1.82) is 0 Å². The molecular formula is C17H24ClN. The molecule has 1 aromatic carbocycles. The van der Waals surface area contributed by atoms with Gasteiger partial charge in [0.2, 0.25) is 0 Å². The summed E-state index contributed by atoms with van der Waals surface area (Å²) in [6.07, 6.45) is 4.13. The Balaban J connectivity index is 1.88. The average Bonchev–Trinajstić information content (AvgIpc) is 2.80. The lowest BCUT2D eigenvalue weighted by Crippen LogP contribution is -2.45. The van der Waals surface area contributed by atoms with Crippen molar-refractivity contribution in [1.82, 2.24) is 0 Å². The molecular weight excluding hydrogens is 254 g/mol. The predicted octanol–water partition coefficient (Wildman–Crippen LogP) is 5.28. The molecule has 2 heteroatoms. The number of rotatable bonds is 2. The van der Waals surface area contributed by atoms with Crippen LogP contribution in [-0.2, 0) is 0 Å². The summed E-state index contributed by atoms with van der Waals surface area (Å²) in [6.45, 7) is 9.36. The van der Waals surface area contributed by atoms with Crippen molar-refractivity contribution in [2.24, 2.45) is 16.7 Å². The molecule has 2 bridgehead atoms. The van der Waals surface area contributed by atoms with Gasteiger partial charge >= 0.3 is 0 Å². The fourth-order valence-corrected chi connectivity index (χ4v) is 4.69. The molecule has 104 valence electrons. The maximum absolute atomic E-state index is 6.24. The zero-order valence-corrected chi connectivity index (χ0v) is 13.1. The fourth-order valence-electron chi connectivity index (χ4n) is 4.51. The van der Waals surface area contributed by atoms with Crippen LogP contribution in [0.1, 0.15) is 45.6 Å². The second-order valence-corrected chi connectivity index (χ2v) is 7.86. The van der Waals surface area contributed by atoms with E-state index < -0.39 is 0 Å². The summed E-state index contributed by atoms with van der Waals surface area (Å²) in [6, 6.07) is 6.89. The van der Waals surface area contributed by atoms with Gasteiger partial charge in [-0.2, -0.15) is 0 Å². The van der Waals surface area contributed by atoms with Gasteiger partial charge in [-0.3, -0.25) is 0 Å². The topological polar surface area (TPSA) is 12.0 Å². The predicted molar refractivity (Wildman–Crippen MR) is 82.8 cm³/mol. The fraction of sp³-hybridized carbons (Fsp3) is 0.647. The highest BCUT2D eigenvalue weighted by Gasteiger charge is 2.59. The van der Waals surface area contributed by atoms with Crippen molar-refractivity contribution >= 4 is 17.3 Å². The summed E-state index contributed by atoms with van der Waals surface area (Å²) in [4.78, 5) is 0. The van der Waals surface area contributed by atoms with E-state index in [0.717, 1.165) is 16.5 Å². The molecule has 0 amide bonds. The van der Waals surface area contributed by atoms with E-state index in [1.54, 1.807) is 0 Å². The van der Waals surface area contributed by atoms with Gasteiger partial charge in [0.15, 0.2) is 0 Å². The lowest BCUT2D eigenvalue weighted by Gasteiger charge is -2.43.